The summed E-state index contributed by atoms with van der Waals surface area (Å²) in [6, 6.07) is 14.3. The van der Waals surface area contributed by atoms with Gasteiger partial charge >= 0.3 is 41.9 Å². The van der Waals surface area contributed by atoms with Crippen LogP contribution in [0.25, 0.3) is 21.9 Å². The Bertz CT molecular complexity index is 1050. The zero-order valence-electron chi connectivity index (χ0n) is 16.6. The van der Waals surface area contributed by atoms with Crippen molar-refractivity contribution in [3.8, 4) is 0 Å². The molecule has 0 saturated heterocycles. The van der Waals surface area contributed by atoms with Crippen molar-refractivity contribution in [2.24, 2.45) is 0 Å². The third kappa shape index (κ3) is 8.85. The summed E-state index contributed by atoms with van der Waals surface area (Å²) in [5.74, 6) is 0. The molecule has 0 aliphatic rings. The van der Waals surface area contributed by atoms with Gasteiger partial charge in [0.2, 0.25) is 0 Å². The van der Waals surface area contributed by atoms with E-state index in [1.54, 1.807) is 12.5 Å². The van der Waals surface area contributed by atoms with Crippen molar-refractivity contribution in [3.05, 3.63) is 71.7 Å². The van der Waals surface area contributed by atoms with E-state index in [9.17, 15) is 0 Å². The third-order valence-corrected chi connectivity index (χ3v) is 3.60. The number of furan rings is 2. The molecular weight excluding hydrogens is 387 g/mol. The maximum atomic E-state index is 8.12. The summed E-state index contributed by atoms with van der Waals surface area (Å²) >= 11 is 0. The van der Waals surface area contributed by atoms with Crippen molar-refractivity contribution in [2.75, 3.05) is 0 Å². The number of fused-ring (bicyclic) bond motifs is 2. The molecule has 0 aliphatic heterocycles. The summed E-state index contributed by atoms with van der Waals surface area (Å²) in [5, 5.41) is 2.44. The first-order valence-electron chi connectivity index (χ1n) is 7.84. The second-order valence-corrected chi connectivity index (χ2v) is 5.50. The molecule has 2 aromatic heterocycles. The van der Waals surface area contributed by atoms with Crippen LogP contribution in [0.4, 0.5) is 0 Å². The van der Waals surface area contributed by atoms with Gasteiger partial charge in [0.1, 0.15) is 11.2 Å². The van der Waals surface area contributed by atoms with Gasteiger partial charge in [-0.15, -0.1) is 0 Å². The van der Waals surface area contributed by atoms with E-state index < -0.39 is 0 Å². The second-order valence-electron chi connectivity index (χ2n) is 5.50. The third-order valence-electron chi connectivity index (χ3n) is 3.60. The first kappa shape index (κ1) is 28.4. The van der Waals surface area contributed by atoms with Crippen LogP contribution in [-0.2, 0) is 19.2 Å². The summed E-state index contributed by atoms with van der Waals surface area (Å²) < 4.78 is 10.6. The van der Waals surface area contributed by atoms with Gasteiger partial charge in [-0.05, 0) is 50.1 Å². The van der Waals surface area contributed by atoms with Crippen LogP contribution in [0.5, 0.6) is 0 Å². The monoisotopic (exact) mass is 406 g/mol. The molecule has 0 saturated carbocycles. The Balaban J connectivity index is 0. The Labute approximate surface area is 189 Å². The minimum atomic E-state index is 0. The minimum absolute atomic E-state index is 0. The number of aryl methyl sites for hydroxylation is 3. The van der Waals surface area contributed by atoms with E-state index in [1.165, 1.54) is 27.5 Å². The molecule has 2 heterocycles. The van der Waals surface area contributed by atoms with E-state index in [0.717, 1.165) is 11.2 Å². The van der Waals surface area contributed by atoms with Gasteiger partial charge in [0.05, 0.1) is 12.5 Å². The molecule has 0 fully saturated rings. The number of hydrogen-bond acceptors (Lipinski definition) is 7. The van der Waals surface area contributed by atoms with Gasteiger partial charge < -0.3 is 14.3 Å². The summed E-state index contributed by atoms with van der Waals surface area (Å²) in [4.78, 5) is 32.5. The van der Waals surface area contributed by atoms with Crippen molar-refractivity contribution >= 4 is 34.2 Å². The largest absolute Gasteiger partial charge is 1.00 e. The molecule has 0 spiro atoms. The van der Waals surface area contributed by atoms with Crippen LogP contribution in [0.3, 0.4) is 0 Å². The molecule has 7 nitrogen and oxygen atoms in total. The molecule has 0 amide bonds. The van der Waals surface area contributed by atoms with Crippen molar-refractivity contribution in [3.63, 3.8) is 0 Å². The van der Waals surface area contributed by atoms with Gasteiger partial charge in [0.25, 0.3) is 0 Å². The van der Waals surface area contributed by atoms with Crippen LogP contribution in [0.1, 0.15) is 16.7 Å². The summed E-state index contributed by atoms with van der Waals surface area (Å²) in [6.07, 6.45) is 4.08. The summed E-state index contributed by atoms with van der Waals surface area (Å²) in [7, 11) is 0. The van der Waals surface area contributed by atoms with Crippen LogP contribution in [0.2, 0.25) is 0 Å². The van der Waals surface area contributed by atoms with Crippen LogP contribution in [0, 0.1) is 20.8 Å². The van der Waals surface area contributed by atoms with Crippen LogP contribution >= 0.6 is 0 Å². The molecule has 1 N–H and O–H groups in total. The molecule has 0 atom stereocenters. The first-order chi connectivity index (χ1) is 13.0. The smallest absolute Gasteiger partial charge is 0.870 e. The molecular formula is C21H19NaO7. The zero-order valence-corrected chi connectivity index (χ0v) is 18.6. The van der Waals surface area contributed by atoms with Crippen LogP contribution in [0.15, 0.2) is 63.8 Å². The van der Waals surface area contributed by atoms with Gasteiger partial charge in [-0.2, -0.15) is 19.2 Å². The van der Waals surface area contributed by atoms with Gasteiger partial charge in [-0.3, -0.25) is 0 Å². The molecule has 0 bridgehead atoms. The molecule has 0 aliphatic carbocycles. The van der Waals surface area contributed by atoms with E-state index in [0.29, 0.717) is 0 Å². The number of rotatable bonds is 0. The Hall–Kier alpha value is -2.76. The molecule has 29 heavy (non-hydrogen) atoms. The van der Waals surface area contributed by atoms with E-state index in [-0.39, 0.29) is 47.3 Å². The fourth-order valence-electron chi connectivity index (χ4n) is 2.38. The Morgan fingerprint density at radius 1 is 0.690 bits per heavy atom. The van der Waals surface area contributed by atoms with Crippen molar-refractivity contribution in [1.82, 2.24) is 0 Å². The zero-order chi connectivity index (χ0) is 20.2. The second kappa shape index (κ2) is 15.2. The van der Waals surface area contributed by atoms with Crippen molar-refractivity contribution < 1.29 is 63.0 Å². The SMILES string of the molecule is Cc1ccc2occ(C)c2c1.Cc1coc2ccccc12.O=C=O.O=C=O.[Na+].[OH-]. The van der Waals surface area contributed by atoms with Gasteiger partial charge in [-0.25, -0.2) is 0 Å². The summed E-state index contributed by atoms with van der Waals surface area (Å²) in [6.45, 7) is 6.20. The molecule has 2 aromatic carbocycles. The molecule has 146 valence electrons. The quantitative estimate of drug-likeness (QED) is 0.405. The van der Waals surface area contributed by atoms with E-state index in [1.807, 2.05) is 31.2 Å². The molecule has 0 unspecified atom stereocenters. The Kier molecular flexibility index (Phi) is 14.9. The predicted molar refractivity (Wildman–Crippen MR) is 98.6 cm³/mol. The predicted octanol–water partition coefficient (Wildman–Crippen LogP) is 1.45. The molecule has 0 radical (unpaired) electrons. The van der Waals surface area contributed by atoms with Gasteiger partial charge in [0, 0.05) is 10.8 Å². The number of benzene rings is 2. The maximum absolute atomic E-state index is 8.12. The average molecular weight is 406 g/mol. The topological polar surface area (TPSA) is 125 Å². The normalized spacial score (nSPS) is 8.24. The van der Waals surface area contributed by atoms with Crippen LogP contribution in [-0.4, -0.2) is 17.8 Å². The van der Waals surface area contributed by atoms with Crippen molar-refractivity contribution in [1.29, 1.82) is 0 Å². The van der Waals surface area contributed by atoms with Crippen molar-refractivity contribution in [2.45, 2.75) is 20.8 Å². The number of para-hydroxylation sites is 1. The van der Waals surface area contributed by atoms with Crippen LogP contribution < -0.4 is 29.6 Å². The Morgan fingerprint density at radius 3 is 1.66 bits per heavy atom. The fourth-order valence-corrected chi connectivity index (χ4v) is 2.38. The first-order valence-corrected chi connectivity index (χ1v) is 7.84. The Morgan fingerprint density at radius 2 is 1.14 bits per heavy atom. The van der Waals surface area contributed by atoms with Gasteiger partial charge in [-0.1, -0.05) is 29.8 Å². The minimum Gasteiger partial charge on any atom is -0.870 e. The fraction of sp³-hybridized carbons (Fsp3) is 0.143. The molecule has 4 aromatic rings. The number of carbonyl (C=O) groups excluding carboxylic acids is 4. The molecule has 4 rings (SSSR count). The number of hydrogen-bond donors (Lipinski definition) is 0. The van der Waals surface area contributed by atoms with E-state index in [4.69, 9.17) is 28.0 Å². The van der Waals surface area contributed by atoms with Gasteiger partial charge in [0.15, 0.2) is 0 Å². The summed E-state index contributed by atoms with van der Waals surface area (Å²) in [5.41, 5.74) is 5.65. The van der Waals surface area contributed by atoms with E-state index >= 15 is 0 Å². The molecule has 8 heteroatoms. The average Bonchev–Trinajstić information content (AvgIpc) is 3.21. The standard InChI is InChI=1S/C10H10O.C9H8O.2CO2.Na.H2O/c1-7-3-4-10-9(5-7)8(2)6-11-10;1-7-6-10-9-5-3-2-4-8(7)9;2*2-1-3;;/h3-6H,1-2H3;2-6H,1H3;;;;1H2/q;;;;+1;/p-1. The maximum Gasteiger partial charge on any atom is 1.00 e. The van der Waals surface area contributed by atoms with E-state index in [2.05, 4.69) is 32.0 Å².